The van der Waals surface area contributed by atoms with Crippen LogP contribution in [0.2, 0.25) is 0 Å². The van der Waals surface area contributed by atoms with Crippen LogP contribution in [-0.2, 0) is 6.42 Å². The maximum Gasteiger partial charge on any atom is 0.121 e. The summed E-state index contributed by atoms with van der Waals surface area (Å²) in [7, 11) is 0. The van der Waals surface area contributed by atoms with Gasteiger partial charge in [0.1, 0.15) is 10.7 Å². The number of aromatic nitrogens is 1. The van der Waals surface area contributed by atoms with E-state index in [4.69, 9.17) is 17.5 Å². The van der Waals surface area contributed by atoms with E-state index in [1.54, 1.807) is 0 Å². The van der Waals surface area contributed by atoms with Crippen LogP contribution < -0.4 is 0 Å². The Morgan fingerprint density at radius 1 is 1.64 bits per heavy atom. The molecule has 0 amide bonds. The Hall–Kier alpha value is -1.14. The van der Waals surface area contributed by atoms with Crippen molar-refractivity contribution in [3.63, 3.8) is 0 Å². The Bertz CT molecular complexity index is 449. The number of nitriles is 1. The maximum atomic E-state index is 8.85. The predicted molar refractivity (Wildman–Crippen MR) is 57.7 cm³/mol. The predicted octanol–water partition coefficient (Wildman–Crippen LogP) is 3.06. The number of H-pyrrole nitrogens is 1. The van der Waals surface area contributed by atoms with E-state index in [1.165, 1.54) is 24.1 Å². The topological polar surface area (TPSA) is 39.6 Å². The molecule has 1 aromatic rings. The zero-order valence-electron chi connectivity index (χ0n) is 8.13. The number of aromatic amines is 1. The van der Waals surface area contributed by atoms with Crippen LogP contribution in [0.25, 0.3) is 0 Å². The Morgan fingerprint density at radius 3 is 2.86 bits per heavy atom. The van der Waals surface area contributed by atoms with Crippen molar-refractivity contribution in [3.05, 3.63) is 27.5 Å². The highest BCUT2D eigenvalue weighted by Crippen LogP contribution is 2.40. The Morgan fingerprint density at radius 2 is 2.36 bits per heavy atom. The first-order valence-electron chi connectivity index (χ1n) is 4.92. The van der Waals surface area contributed by atoms with Gasteiger partial charge < -0.3 is 4.98 Å². The van der Waals surface area contributed by atoms with Gasteiger partial charge >= 0.3 is 0 Å². The van der Waals surface area contributed by atoms with Crippen LogP contribution in [0.4, 0.5) is 0 Å². The Labute approximate surface area is 88.6 Å². The molecule has 0 bridgehead atoms. The van der Waals surface area contributed by atoms with Gasteiger partial charge in [0, 0.05) is 5.69 Å². The summed E-state index contributed by atoms with van der Waals surface area (Å²) in [5, 5.41) is 8.85. The van der Waals surface area contributed by atoms with Crippen LogP contribution in [0.3, 0.4) is 0 Å². The number of nitrogens with one attached hydrogen (secondary N) is 1. The van der Waals surface area contributed by atoms with Crippen LogP contribution >= 0.6 is 12.2 Å². The largest absolute Gasteiger partial charge is 0.348 e. The maximum absolute atomic E-state index is 8.85. The van der Waals surface area contributed by atoms with Gasteiger partial charge in [-0.3, -0.25) is 0 Å². The summed E-state index contributed by atoms with van der Waals surface area (Å²) >= 11 is 5.12. The van der Waals surface area contributed by atoms with Crippen LogP contribution in [0.1, 0.15) is 42.5 Å². The molecule has 1 fully saturated rings. The molecule has 0 atom stereocenters. The molecule has 72 valence electrons. The molecule has 14 heavy (non-hydrogen) atoms. The second-order valence-electron chi connectivity index (χ2n) is 3.69. The van der Waals surface area contributed by atoms with Gasteiger partial charge in [-0.15, -0.1) is 0 Å². The molecule has 1 heterocycles. The number of hydrogen-bond acceptors (Lipinski definition) is 2. The molecule has 2 rings (SSSR count). The summed E-state index contributed by atoms with van der Waals surface area (Å²) in [5.74, 6) is 0.666. The smallest absolute Gasteiger partial charge is 0.121 e. The molecule has 1 aliphatic rings. The average Bonchev–Trinajstić information content (AvgIpc) is 3.00. The molecule has 0 spiro atoms. The summed E-state index contributed by atoms with van der Waals surface area (Å²) in [5.41, 5.74) is 3.11. The number of nitrogens with zero attached hydrogens (tertiary/aromatic N) is 1. The first-order valence-corrected chi connectivity index (χ1v) is 5.33. The van der Waals surface area contributed by atoms with Crippen molar-refractivity contribution >= 4 is 12.2 Å². The van der Waals surface area contributed by atoms with Gasteiger partial charge in [0.15, 0.2) is 0 Å². The summed E-state index contributed by atoms with van der Waals surface area (Å²) in [4.78, 5) is 3.20. The third-order valence-corrected chi connectivity index (χ3v) is 2.97. The van der Waals surface area contributed by atoms with Crippen molar-refractivity contribution in [2.45, 2.75) is 32.1 Å². The van der Waals surface area contributed by atoms with Crippen LogP contribution in [0.5, 0.6) is 0 Å². The van der Waals surface area contributed by atoms with Crippen molar-refractivity contribution in [1.29, 1.82) is 5.26 Å². The van der Waals surface area contributed by atoms with E-state index in [1.807, 2.05) is 6.07 Å². The summed E-state index contributed by atoms with van der Waals surface area (Å²) in [6, 6.07) is 4.06. The van der Waals surface area contributed by atoms with E-state index in [2.05, 4.69) is 18.0 Å². The fraction of sp³-hybridized carbons (Fsp3) is 0.455. The lowest BCUT2D eigenvalue weighted by molar-refractivity contribution is 0.945. The van der Waals surface area contributed by atoms with Gasteiger partial charge in [-0.2, -0.15) is 5.26 Å². The monoisotopic (exact) mass is 204 g/mol. The van der Waals surface area contributed by atoms with E-state index in [0.29, 0.717) is 16.1 Å². The average molecular weight is 204 g/mol. The lowest BCUT2D eigenvalue weighted by Gasteiger charge is -2.07. The molecule has 1 aliphatic carbocycles. The molecule has 1 saturated carbocycles. The molecular weight excluding hydrogens is 192 g/mol. The zero-order chi connectivity index (χ0) is 10.1. The van der Waals surface area contributed by atoms with E-state index in [0.717, 1.165) is 6.42 Å². The van der Waals surface area contributed by atoms with E-state index >= 15 is 0 Å². The molecule has 1 N–H and O–H groups in total. The van der Waals surface area contributed by atoms with Gasteiger partial charge in [-0.25, -0.2) is 0 Å². The van der Waals surface area contributed by atoms with E-state index in [9.17, 15) is 0 Å². The number of rotatable bonds is 2. The first kappa shape index (κ1) is 9.42. The molecule has 0 saturated heterocycles. The second kappa shape index (κ2) is 3.55. The van der Waals surface area contributed by atoms with Gasteiger partial charge in [-0.05, 0) is 36.8 Å². The van der Waals surface area contributed by atoms with E-state index < -0.39 is 0 Å². The number of aryl methyl sites for hydroxylation is 1. The molecule has 0 aromatic carbocycles. The van der Waals surface area contributed by atoms with Gasteiger partial charge in [0.2, 0.25) is 0 Å². The highest BCUT2D eigenvalue weighted by Gasteiger charge is 2.26. The Kier molecular flexibility index (Phi) is 2.39. The lowest BCUT2D eigenvalue weighted by atomic mass is 10.1. The van der Waals surface area contributed by atoms with E-state index in [-0.39, 0.29) is 0 Å². The summed E-state index contributed by atoms with van der Waals surface area (Å²) < 4.78 is 0.589. The molecular formula is C11H12N2S. The molecule has 0 radical (unpaired) electrons. The fourth-order valence-corrected chi connectivity index (χ4v) is 1.91. The van der Waals surface area contributed by atoms with Crippen LogP contribution in [-0.4, -0.2) is 4.98 Å². The van der Waals surface area contributed by atoms with Crippen molar-refractivity contribution < 1.29 is 0 Å². The SMILES string of the molecule is CCc1cc(C#N)c(=S)[nH]c1C1CC1. The third-order valence-electron chi connectivity index (χ3n) is 2.64. The molecule has 3 heteroatoms. The third kappa shape index (κ3) is 1.58. The molecule has 0 aliphatic heterocycles. The standard InChI is InChI=1S/C11H12N2S/c1-2-7-5-9(6-12)11(14)13-10(7)8-3-4-8/h5,8H,2-4H2,1H3,(H,13,14). The lowest BCUT2D eigenvalue weighted by Crippen LogP contribution is -1.97. The normalized spacial score (nSPS) is 15.1. The molecule has 0 unspecified atom stereocenters. The van der Waals surface area contributed by atoms with Crippen molar-refractivity contribution in [3.8, 4) is 6.07 Å². The molecule has 1 aromatic heterocycles. The fourth-order valence-electron chi connectivity index (χ4n) is 1.70. The van der Waals surface area contributed by atoms with Gasteiger partial charge in [-0.1, -0.05) is 19.1 Å². The van der Waals surface area contributed by atoms with Gasteiger partial charge in [0.25, 0.3) is 0 Å². The highest BCUT2D eigenvalue weighted by molar-refractivity contribution is 7.71. The number of pyridine rings is 1. The highest BCUT2D eigenvalue weighted by atomic mass is 32.1. The van der Waals surface area contributed by atoms with Crippen molar-refractivity contribution in [2.24, 2.45) is 0 Å². The van der Waals surface area contributed by atoms with Crippen molar-refractivity contribution in [2.75, 3.05) is 0 Å². The first-order chi connectivity index (χ1) is 6.76. The van der Waals surface area contributed by atoms with Gasteiger partial charge in [0.05, 0.1) is 5.56 Å². The summed E-state index contributed by atoms with van der Waals surface area (Å²) in [6.45, 7) is 2.11. The number of hydrogen-bond donors (Lipinski definition) is 1. The van der Waals surface area contributed by atoms with Crippen molar-refractivity contribution in [1.82, 2.24) is 4.98 Å². The molecule has 2 nitrogen and oxygen atoms in total. The van der Waals surface area contributed by atoms with Crippen LogP contribution in [0.15, 0.2) is 6.07 Å². The second-order valence-corrected chi connectivity index (χ2v) is 4.10. The summed E-state index contributed by atoms with van der Waals surface area (Å²) in [6.07, 6.45) is 3.47. The van der Waals surface area contributed by atoms with Crippen LogP contribution in [0, 0.1) is 16.0 Å². The minimum atomic E-state index is 0.589. The quantitative estimate of drug-likeness (QED) is 0.752. The minimum Gasteiger partial charge on any atom is -0.348 e. The minimum absolute atomic E-state index is 0.589. The zero-order valence-corrected chi connectivity index (χ0v) is 8.95. The Balaban J connectivity index is 2.56.